The van der Waals surface area contributed by atoms with Gasteiger partial charge in [-0.3, -0.25) is 0 Å². The second kappa shape index (κ2) is 5.35. The highest BCUT2D eigenvalue weighted by Crippen LogP contribution is 2.44. The van der Waals surface area contributed by atoms with E-state index < -0.39 is 11.9 Å². The molecule has 0 fully saturated rings. The van der Waals surface area contributed by atoms with Gasteiger partial charge in [0.25, 0.3) is 0 Å². The van der Waals surface area contributed by atoms with Crippen molar-refractivity contribution in [3.8, 4) is 0 Å². The van der Waals surface area contributed by atoms with Crippen molar-refractivity contribution in [1.29, 1.82) is 0 Å². The van der Waals surface area contributed by atoms with Crippen LogP contribution in [0.1, 0.15) is 20.7 Å². The molecule has 3 nitrogen and oxygen atoms in total. The van der Waals surface area contributed by atoms with Crippen LogP contribution in [0.15, 0.2) is 17.9 Å². The third kappa shape index (κ3) is 2.16. The van der Waals surface area contributed by atoms with Crippen LogP contribution >= 0.6 is 63.7 Å². The lowest BCUT2D eigenvalue weighted by atomic mass is 10.1. The van der Waals surface area contributed by atoms with Crippen LogP contribution in [0.3, 0.4) is 0 Å². The topological polar surface area (TPSA) is 43.4 Å². The summed E-state index contributed by atoms with van der Waals surface area (Å²) in [6, 6.07) is 0. The summed E-state index contributed by atoms with van der Waals surface area (Å²) in [6.07, 6.45) is 0. The Morgan fingerprint density at radius 1 is 0.688 bits per heavy atom. The molecule has 1 aromatic rings. The van der Waals surface area contributed by atoms with Crippen LogP contribution < -0.4 is 0 Å². The van der Waals surface area contributed by atoms with Gasteiger partial charge in [0.05, 0.1) is 11.1 Å². The van der Waals surface area contributed by atoms with E-state index in [2.05, 4.69) is 68.5 Å². The molecule has 8 heteroatoms. The van der Waals surface area contributed by atoms with Crippen LogP contribution in [-0.2, 0) is 4.74 Å². The molecule has 0 N–H and O–H groups in total. The highest BCUT2D eigenvalue weighted by atomic mass is 79.9. The molecule has 0 aliphatic carbocycles. The zero-order chi connectivity index (χ0) is 11.3. The number of carbonyl (C=O) groups is 2. The lowest BCUT2D eigenvalue weighted by Crippen LogP contribution is -1.97. The van der Waals surface area contributed by atoms with Gasteiger partial charge in [-0.15, -0.1) is 0 Å². The fourth-order valence-electron chi connectivity index (χ4n) is 1.20. The van der Waals surface area contributed by atoms with E-state index in [1.54, 1.807) is 0 Å². The molecule has 0 bridgehead atoms. The van der Waals surface area contributed by atoms with Gasteiger partial charge in [-0.05, 0) is 63.7 Å². The second-order valence-electron chi connectivity index (χ2n) is 2.68. The molecule has 0 saturated heterocycles. The number of fused-ring (bicyclic) bond motifs is 1. The number of rotatable bonds is 0. The number of cyclic esters (lactones) is 2. The van der Waals surface area contributed by atoms with E-state index in [0.29, 0.717) is 17.9 Å². The summed E-state index contributed by atoms with van der Waals surface area (Å²) in [5, 5.41) is 0. The molecule has 1 aromatic carbocycles. The number of halogens is 4. The molecule has 0 aromatic heterocycles. The van der Waals surface area contributed by atoms with Gasteiger partial charge < -0.3 is 4.74 Å². The average Bonchev–Trinajstić information content (AvgIpc) is 2.47. The molecule has 0 spiro atoms. The van der Waals surface area contributed by atoms with Gasteiger partial charge in [-0.25, -0.2) is 9.59 Å². The SMILES string of the molecule is O=C1OC(=O)c2c(Br)c(Br)c(Br)c(Br)c21.[Mg]. The minimum Gasteiger partial charge on any atom is -0.386 e. The minimum atomic E-state index is -0.643. The fraction of sp³-hybridized carbons (Fsp3) is 0. The first-order valence-corrected chi connectivity index (χ1v) is 6.74. The number of hydrogen-bond acceptors (Lipinski definition) is 3. The molecule has 2 rings (SSSR count). The predicted molar refractivity (Wildman–Crippen MR) is 72.7 cm³/mol. The monoisotopic (exact) mass is 484 g/mol. The number of hydrogen-bond donors (Lipinski definition) is 0. The second-order valence-corrected chi connectivity index (χ2v) is 5.85. The first-order valence-electron chi connectivity index (χ1n) is 3.57. The van der Waals surface area contributed by atoms with Crippen molar-refractivity contribution in [2.75, 3.05) is 0 Å². The normalized spacial score (nSPS) is 13.2. The van der Waals surface area contributed by atoms with Crippen molar-refractivity contribution < 1.29 is 14.3 Å². The molecule has 1 aliphatic rings. The largest absolute Gasteiger partial charge is 0.386 e. The summed E-state index contributed by atoms with van der Waals surface area (Å²) < 4.78 is 6.84. The van der Waals surface area contributed by atoms with E-state index in [1.165, 1.54) is 0 Å². The number of carbonyl (C=O) groups excluding carboxylic acids is 2. The smallest absolute Gasteiger partial charge is 0.348 e. The van der Waals surface area contributed by atoms with Gasteiger partial charge in [0.15, 0.2) is 0 Å². The maximum atomic E-state index is 11.4. The Morgan fingerprint density at radius 3 is 1.31 bits per heavy atom. The Balaban J connectivity index is 0.00000128. The van der Waals surface area contributed by atoms with Crippen LogP contribution in [-0.4, -0.2) is 35.0 Å². The minimum absolute atomic E-state index is 0. The molecule has 2 radical (unpaired) electrons. The van der Waals surface area contributed by atoms with Crippen molar-refractivity contribution in [3.05, 3.63) is 29.0 Å². The number of esters is 2. The lowest BCUT2D eigenvalue weighted by Gasteiger charge is -2.06. The molecular formula is C8Br4MgO3. The average molecular weight is 488 g/mol. The first kappa shape index (κ1) is 15.1. The van der Waals surface area contributed by atoms with E-state index in [0.717, 1.165) is 0 Å². The molecule has 0 unspecified atom stereocenters. The Hall–Kier alpha value is 1.05. The van der Waals surface area contributed by atoms with E-state index in [9.17, 15) is 9.59 Å². The quantitative estimate of drug-likeness (QED) is 0.184. The molecule has 1 aliphatic heterocycles. The van der Waals surface area contributed by atoms with Crippen molar-refractivity contribution >= 4 is 98.7 Å². The van der Waals surface area contributed by atoms with Gasteiger partial charge in [0.1, 0.15) is 0 Å². The van der Waals surface area contributed by atoms with E-state index in [1.807, 2.05) is 0 Å². The van der Waals surface area contributed by atoms with Gasteiger partial charge in [0.2, 0.25) is 0 Å². The van der Waals surface area contributed by atoms with Crippen LogP contribution in [0.4, 0.5) is 0 Å². The summed E-state index contributed by atoms with van der Waals surface area (Å²) in [7, 11) is 0. The molecule has 0 amide bonds. The Bertz CT molecular complexity index is 470. The van der Waals surface area contributed by atoms with Gasteiger partial charge >= 0.3 is 11.9 Å². The van der Waals surface area contributed by atoms with Crippen molar-refractivity contribution in [2.45, 2.75) is 0 Å². The van der Waals surface area contributed by atoms with Crippen molar-refractivity contribution in [1.82, 2.24) is 0 Å². The summed E-state index contributed by atoms with van der Waals surface area (Å²) in [5.74, 6) is -1.29. The van der Waals surface area contributed by atoms with Gasteiger partial charge in [0, 0.05) is 40.9 Å². The summed E-state index contributed by atoms with van der Waals surface area (Å²) in [5.41, 5.74) is 0.476. The van der Waals surface area contributed by atoms with E-state index in [-0.39, 0.29) is 34.2 Å². The number of benzene rings is 1. The summed E-state index contributed by atoms with van der Waals surface area (Å²) in [6.45, 7) is 0. The van der Waals surface area contributed by atoms with Crippen LogP contribution in [0.5, 0.6) is 0 Å². The predicted octanol–water partition coefficient (Wildman–Crippen LogP) is 3.67. The first-order chi connectivity index (χ1) is 6.95. The summed E-state index contributed by atoms with van der Waals surface area (Å²) >= 11 is 13.0. The third-order valence-corrected chi connectivity index (χ3v) is 6.63. The summed E-state index contributed by atoms with van der Waals surface area (Å²) in [4.78, 5) is 22.8. The van der Waals surface area contributed by atoms with Crippen LogP contribution in [0.2, 0.25) is 0 Å². The standard InChI is InChI=1S/C8Br4O3.Mg/c9-3-1-2(8(14)15-7(1)13)4(10)6(12)5(3)11;. The molecule has 0 atom stereocenters. The fourth-order valence-corrected chi connectivity index (χ4v) is 3.64. The molecule has 16 heavy (non-hydrogen) atoms. The Kier molecular flexibility index (Phi) is 5.06. The maximum absolute atomic E-state index is 11.4. The third-order valence-electron chi connectivity index (χ3n) is 1.86. The van der Waals surface area contributed by atoms with Crippen molar-refractivity contribution in [2.24, 2.45) is 0 Å². The van der Waals surface area contributed by atoms with E-state index in [4.69, 9.17) is 0 Å². The molecule has 80 valence electrons. The highest BCUT2D eigenvalue weighted by molar-refractivity contribution is 9.15. The van der Waals surface area contributed by atoms with Gasteiger partial charge in [-0.1, -0.05) is 0 Å². The van der Waals surface area contributed by atoms with Crippen molar-refractivity contribution in [3.63, 3.8) is 0 Å². The van der Waals surface area contributed by atoms with Gasteiger partial charge in [-0.2, -0.15) is 0 Å². The molecule has 1 heterocycles. The zero-order valence-electron chi connectivity index (χ0n) is 7.44. The lowest BCUT2D eigenvalue weighted by molar-refractivity contribution is 0.0443. The molecule has 0 saturated carbocycles. The molecular weight excluding hydrogens is 488 g/mol. The Morgan fingerprint density at radius 2 is 1.00 bits per heavy atom. The highest BCUT2D eigenvalue weighted by Gasteiger charge is 2.36. The number of ether oxygens (including phenoxy) is 1. The van der Waals surface area contributed by atoms with E-state index >= 15 is 0 Å². The Labute approximate surface area is 140 Å². The zero-order valence-corrected chi connectivity index (χ0v) is 15.2. The maximum Gasteiger partial charge on any atom is 0.348 e. The van der Waals surface area contributed by atoms with Crippen LogP contribution in [0.25, 0.3) is 0 Å². The van der Waals surface area contributed by atoms with Crippen LogP contribution in [0, 0.1) is 0 Å².